The third-order valence-corrected chi connectivity index (χ3v) is 5.87. The zero-order valence-corrected chi connectivity index (χ0v) is 13.3. The second kappa shape index (κ2) is 5.86. The van der Waals surface area contributed by atoms with Gasteiger partial charge in [0, 0.05) is 25.1 Å². The van der Waals surface area contributed by atoms with E-state index in [1.165, 1.54) is 16.6 Å². The highest BCUT2D eigenvalue weighted by molar-refractivity contribution is 7.89. The SMILES string of the molecule is Nc1ncc(Cl)cc1S(=O)(=O)N1CCCC[C@@H]1c1ncc[nH]1. The molecule has 3 rings (SSSR count). The lowest BCUT2D eigenvalue weighted by Crippen LogP contribution is -2.39. The molecule has 2 aromatic rings. The summed E-state index contributed by atoms with van der Waals surface area (Å²) in [6.45, 7) is 0.416. The van der Waals surface area contributed by atoms with Gasteiger partial charge in [0.2, 0.25) is 10.0 Å². The molecule has 0 bridgehead atoms. The van der Waals surface area contributed by atoms with Crippen LogP contribution >= 0.6 is 11.6 Å². The van der Waals surface area contributed by atoms with E-state index in [9.17, 15) is 8.42 Å². The number of rotatable bonds is 3. The topological polar surface area (TPSA) is 105 Å². The van der Waals surface area contributed by atoms with Gasteiger partial charge in [-0.3, -0.25) is 0 Å². The Morgan fingerprint density at radius 2 is 2.18 bits per heavy atom. The average molecular weight is 342 g/mol. The molecule has 1 aliphatic heterocycles. The van der Waals surface area contributed by atoms with E-state index in [1.54, 1.807) is 12.4 Å². The van der Waals surface area contributed by atoms with Gasteiger partial charge in [-0.2, -0.15) is 4.31 Å². The zero-order chi connectivity index (χ0) is 15.7. The smallest absolute Gasteiger partial charge is 0.247 e. The van der Waals surface area contributed by atoms with E-state index in [2.05, 4.69) is 15.0 Å². The molecular formula is C13H16ClN5O2S. The van der Waals surface area contributed by atoms with E-state index in [0.29, 0.717) is 18.8 Å². The number of halogens is 1. The first-order valence-electron chi connectivity index (χ1n) is 6.92. The van der Waals surface area contributed by atoms with Crippen LogP contribution in [0.4, 0.5) is 5.82 Å². The number of nitrogens with two attached hydrogens (primary N) is 1. The van der Waals surface area contributed by atoms with Crippen LogP contribution in [0.5, 0.6) is 0 Å². The highest BCUT2D eigenvalue weighted by Crippen LogP contribution is 2.35. The summed E-state index contributed by atoms with van der Waals surface area (Å²) in [5, 5.41) is 0.235. The molecule has 22 heavy (non-hydrogen) atoms. The molecule has 3 heterocycles. The molecule has 0 aromatic carbocycles. The molecule has 1 aliphatic rings. The molecule has 1 saturated heterocycles. The summed E-state index contributed by atoms with van der Waals surface area (Å²) < 4.78 is 27.4. The van der Waals surface area contributed by atoms with E-state index in [1.807, 2.05) is 0 Å². The first kappa shape index (κ1) is 15.3. The molecule has 0 unspecified atom stereocenters. The molecular weight excluding hydrogens is 326 g/mol. The summed E-state index contributed by atoms with van der Waals surface area (Å²) >= 11 is 5.88. The van der Waals surface area contributed by atoms with E-state index in [-0.39, 0.29) is 21.8 Å². The van der Waals surface area contributed by atoms with Crippen LogP contribution in [0, 0.1) is 0 Å². The van der Waals surface area contributed by atoms with Crippen molar-refractivity contribution in [2.24, 2.45) is 0 Å². The monoisotopic (exact) mass is 341 g/mol. The molecule has 1 atom stereocenters. The fraction of sp³-hybridized carbons (Fsp3) is 0.385. The molecule has 9 heteroatoms. The fourth-order valence-corrected chi connectivity index (χ4v) is 4.67. The number of piperidine rings is 1. The van der Waals surface area contributed by atoms with Crippen molar-refractivity contribution in [3.8, 4) is 0 Å². The Balaban J connectivity index is 2.04. The molecule has 2 aromatic heterocycles. The molecule has 0 aliphatic carbocycles. The molecule has 118 valence electrons. The van der Waals surface area contributed by atoms with Crippen LogP contribution in [-0.4, -0.2) is 34.2 Å². The highest BCUT2D eigenvalue weighted by Gasteiger charge is 2.37. The minimum atomic E-state index is -3.79. The number of nitrogens with zero attached hydrogens (tertiary/aromatic N) is 3. The predicted molar refractivity (Wildman–Crippen MR) is 82.7 cm³/mol. The van der Waals surface area contributed by atoms with Crippen LogP contribution in [-0.2, 0) is 10.0 Å². The summed E-state index contributed by atoms with van der Waals surface area (Å²) in [5.74, 6) is 0.588. The second-order valence-corrected chi connectivity index (χ2v) is 7.43. The van der Waals surface area contributed by atoms with Gasteiger partial charge in [0.05, 0.1) is 11.1 Å². The van der Waals surface area contributed by atoms with Gasteiger partial charge in [-0.1, -0.05) is 18.0 Å². The molecule has 1 fully saturated rings. The van der Waals surface area contributed by atoms with Crippen molar-refractivity contribution in [2.45, 2.75) is 30.2 Å². The second-order valence-electron chi connectivity index (χ2n) is 5.14. The summed E-state index contributed by atoms with van der Waals surface area (Å²) in [6, 6.07) is 1.01. The number of nitrogen functional groups attached to an aromatic ring is 1. The maximum absolute atomic E-state index is 13.0. The van der Waals surface area contributed by atoms with Crippen molar-refractivity contribution >= 4 is 27.4 Å². The maximum atomic E-state index is 13.0. The summed E-state index contributed by atoms with van der Waals surface area (Å²) in [5.41, 5.74) is 5.75. The van der Waals surface area contributed by atoms with Gasteiger partial charge in [0.25, 0.3) is 0 Å². The normalized spacial score (nSPS) is 20.1. The van der Waals surface area contributed by atoms with E-state index < -0.39 is 10.0 Å². The van der Waals surface area contributed by atoms with Gasteiger partial charge in [-0.15, -0.1) is 0 Å². The Kier molecular flexibility index (Phi) is 4.07. The minimum Gasteiger partial charge on any atom is -0.383 e. The third-order valence-electron chi connectivity index (χ3n) is 3.72. The average Bonchev–Trinajstić information content (AvgIpc) is 3.04. The fourth-order valence-electron chi connectivity index (χ4n) is 2.69. The van der Waals surface area contributed by atoms with Gasteiger partial charge in [-0.25, -0.2) is 18.4 Å². The number of hydrogen-bond donors (Lipinski definition) is 2. The number of aromatic amines is 1. The number of anilines is 1. The Labute approximate surface area is 133 Å². The third kappa shape index (κ3) is 2.69. The quantitative estimate of drug-likeness (QED) is 0.887. The van der Waals surface area contributed by atoms with Gasteiger partial charge in [-0.05, 0) is 18.9 Å². The van der Waals surface area contributed by atoms with Crippen LogP contribution in [0.15, 0.2) is 29.6 Å². The largest absolute Gasteiger partial charge is 0.383 e. The van der Waals surface area contributed by atoms with Crippen LogP contribution in [0.1, 0.15) is 31.1 Å². The molecule has 0 saturated carbocycles. The number of pyridine rings is 1. The van der Waals surface area contributed by atoms with Crippen LogP contribution in [0.25, 0.3) is 0 Å². The highest BCUT2D eigenvalue weighted by atomic mass is 35.5. The van der Waals surface area contributed by atoms with Crippen molar-refractivity contribution < 1.29 is 8.42 Å². The van der Waals surface area contributed by atoms with Crippen molar-refractivity contribution in [3.63, 3.8) is 0 Å². The van der Waals surface area contributed by atoms with Gasteiger partial charge in [0.1, 0.15) is 16.5 Å². The zero-order valence-electron chi connectivity index (χ0n) is 11.7. The van der Waals surface area contributed by atoms with Crippen molar-refractivity contribution in [1.82, 2.24) is 19.3 Å². The summed E-state index contributed by atoms with van der Waals surface area (Å²) in [4.78, 5) is 11.0. The lowest BCUT2D eigenvalue weighted by Gasteiger charge is -2.33. The number of imidazole rings is 1. The minimum absolute atomic E-state index is 0.0480. The van der Waals surface area contributed by atoms with E-state index >= 15 is 0 Å². The standard InChI is InChI=1S/C13H16ClN5O2S/c14-9-7-11(12(15)18-8-9)22(20,21)19-6-2-1-3-10(19)13-16-4-5-17-13/h4-5,7-8,10H,1-3,6H2,(H2,15,18)(H,16,17)/t10-/m1/s1. The Bertz CT molecular complexity index is 763. The van der Waals surface area contributed by atoms with Gasteiger partial charge >= 0.3 is 0 Å². The molecule has 0 spiro atoms. The number of aromatic nitrogens is 3. The van der Waals surface area contributed by atoms with Crippen molar-refractivity contribution in [1.29, 1.82) is 0 Å². The first-order chi connectivity index (χ1) is 10.5. The maximum Gasteiger partial charge on any atom is 0.247 e. The van der Waals surface area contributed by atoms with E-state index in [4.69, 9.17) is 17.3 Å². The molecule has 7 nitrogen and oxygen atoms in total. The van der Waals surface area contributed by atoms with Gasteiger partial charge in [0.15, 0.2) is 0 Å². The van der Waals surface area contributed by atoms with Crippen LogP contribution in [0.3, 0.4) is 0 Å². The predicted octanol–water partition coefficient (Wildman–Crippen LogP) is 1.96. The van der Waals surface area contributed by atoms with Crippen molar-refractivity contribution in [3.05, 3.63) is 35.5 Å². The number of nitrogens with one attached hydrogen (secondary N) is 1. The molecule has 0 radical (unpaired) electrons. The van der Waals surface area contributed by atoms with Crippen LogP contribution in [0.2, 0.25) is 5.02 Å². The Morgan fingerprint density at radius 1 is 1.36 bits per heavy atom. The van der Waals surface area contributed by atoms with Crippen LogP contribution < -0.4 is 5.73 Å². The lowest BCUT2D eigenvalue weighted by molar-refractivity contribution is 0.247. The van der Waals surface area contributed by atoms with Crippen molar-refractivity contribution in [2.75, 3.05) is 12.3 Å². The number of hydrogen-bond acceptors (Lipinski definition) is 5. The Hall–Kier alpha value is -1.64. The first-order valence-corrected chi connectivity index (χ1v) is 8.74. The number of sulfonamides is 1. The molecule has 0 amide bonds. The number of H-pyrrole nitrogens is 1. The summed E-state index contributed by atoms with van der Waals surface area (Å²) in [7, 11) is -3.79. The van der Waals surface area contributed by atoms with Gasteiger partial charge < -0.3 is 10.7 Å². The molecule has 3 N–H and O–H groups in total. The lowest BCUT2D eigenvalue weighted by atomic mass is 10.0. The van der Waals surface area contributed by atoms with E-state index in [0.717, 1.165) is 12.8 Å². The Morgan fingerprint density at radius 3 is 2.91 bits per heavy atom. The summed E-state index contributed by atoms with van der Waals surface area (Å²) in [6.07, 6.45) is 7.08.